The third-order valence-corrected chi connectivity index (χ3v) is 5.72. The minimum Gasteiger partial charge on any atom is -0.515 e. The summed E-state index contributed by atoms with van der Waals surface area (Å²) in [4.78, 5) is 0.159. The van der Waals surface area contributed by atoms with Gasteiger partial charge in [-0.25, -0.2) is 0 Å². The summed E-state index contributed by atoms with van der Waals surface area (Å²) in [5.41, 5.74) is -0.936. The number of thiol groups is 1. The van der Waals surface area contributed by atoms with Gasteiger partial charge in [0.2, 0.25) is 0 Å². The molecule has 0 rings (SSSR count). The quantitative estimate of drug-likeness (QED) is 0.275. The largest absolute Gasteiger partial charge is 0.515 e. The van der Waals surface area contributed by atoms with E-state index in [1.165, 1.54) is 38.5 Å². The monoisotopic (exact) mass is 333 g/mol. The van der Waals surface area contributed by atoms with E-state index in [0.717, 1.165) is 12.8 Å². The number of hydrogen-bond donors (Lipinski definition) is 3. The molecule has 0 spiro atoms. The standard InChI is InChI=1S/C16H33O3SSi/c1-4-6-7-8-9-10-11-12-14(20)21-15(18)16(3,13-17)19-5-2/h14,17-18,20H,4-13H2,1-3H3. The zero-order valence-corrected chi connectivity index (χ0v) is 15.8. The molecule has 21 heavy (non-hydrogen) atoms. The Balaban J connectivity index is 3.99. The van der Waals surface area contributed by atoms with Crippen LogP contribution in [0.4, 0.5) is 0 Å². The second-order valence-electron chi connectivity index (χ2n) is 5.74. The molecule has 0 saturated carbocycles. The van der Waals surface area contributed by atoms with E-state index < -0.39 is 5.60 Å². The van der Waals surface area contributed by atoms with Gasteiger partial charge in [0.05, 0.1) is 21.1 Å². The van der Waals surface area contributed by atoms with E-state index in [1.54, 1.807) is 6.92 Å². The van der Waals surface area contributed by atoms with Gasteiger partial charge in [0, 0.05) is 11.5 Å². The van der Waals surface area contributed by atoms with Crippen LogP contribution in [-0.2, 0) is 4.74 Å². The second kappa shape index (κ2) is 12.7. The topological polar surface area (TPSA) is 49.7 Å². The maximum atomic E-state index is 10.2. The molecule has 0 fully saturated rings. The molecule has 0 aromatic rings. The highest BCUT2D eigenvalue weighted by Crippen LogP contribution is 2.13. The molecule has 5 heteroatoms. The molecule has 2 unspecified atom stereocenters. The molecule has 0 aliphatic heterocycles. The van der Waals surface area contributed by atoms with Gasteiger partial charge < -0.3 is 14.9 Å². The van der Waals surface area contributed by atoms with Crippen LogP contribution in [0, 0.1) is 0 Å². The van der Waals surface area contributed by atoms with Crippen molar-refractivity contribution in [3.8, 4) is 0 Å². The molecule has 0 aliphatic rings. The average Bonchev–Trinajstić information content (AvgIpc) is 2.46. The van der Waals surface area contributed by atoms with Crippen LogP contribution in [0.5, 0.6) is 0 Å². The van der Waals surface area contributed by atoms with Gasteiger partial charge in [-0.05, 0) is 20.3 Å². The Morgan fingerprint density at radius 1 is 1.14 bits per heavy atom. The number of unbranched alkanes of at least 4 members (excludes halogenated alkanes) is 6. The van der Waals surface area contributed by atoms with Gasteiger partial charge in [-0.3, -0.25) is 0 Å². The van der Waals surface area contributed by atoms with Crippen molar-refractivity contribution in [1.29, 1.82) is 0 Å². The molecule has 0 saturated heterocycles. The maximum Gasteiger partial charge on any atom is 0.139 e. The van der Waals surface area contributed by atoms with E-state index >= 15 is 0 Å². The molecular formula is C16H33O3SSi. The first kappa shape index (κ1) is 21.2. The molecular weight excluding hydrogens is 300 g/mol. The Hall–Kier alpha value is 0.157. The van der Waals surface area contributed by atoms with Gasteiger partial charge in [0.25, 0.3) is 0 Å². The van der Waals surface area contributed by atoms with Crippen LogP contribution in [0.2, 0.25) is 0 Å². The summed E-state index contributed by atoms with van der Waals surface area (Å²) in [6, 6.07) is 0. The van der Waals surface area contributed by atoms with Crippen LogP contribution in [-0.4, -0.2) is 48.4 Å². The fraction of sp³-hybridized carbons (Fsp3) is 0.938. The number of ether oxygens (including phenoxy) is 1. The van der Waals surface area contributed by atoms with E-state index in [1.807, 2.05) is 6.92 Å². The maximum absolute atomic E-state index is 10.2. The first-order chi connectivity index (χ1) is 10.00. The highest BCUT2D eigenvalue weighted by Gasteiger charge is 2.29. The minimum atomic E-state index is -0.936. The molecule has 1 radical (unpaired) electrons. The van der Waals surface area contributed by atoms with Crippen molar-refractivity contribution in [2.24, 2.45) is 0 Å². The summed E-state index contributed by atoms with van der Waals surface area (Å²) >= 11 is 4.56. The molecule has 0 bridgehead atoms. The van der Waals surface area contributed by atoms with Crippen molar-refractivity contribution in [3.63, 3.8) is 0 Å². The molecule has 3 nitrogen and oxygen atoms in total. The highest BCUT2D eigenvalue weighted by atomic mass is 32.1. The van der Waals surface area contributed by atoms with Crippen LogP contribution in [0.1, 0.15) is 72.1 Å². The van der Waals surface area contributed by atoms with Crippen LogP contribution in [0.15, 0.2) is 0 Å². The number of aliphatic hydroxyl groups is 2. The molecule has 0 aromatic heterocycles. The lowest BCUT2D eigenvalue weighted by Crippen LogP contribution is -2.44. The number of hydrogen-bond acceptors (Lipinski definition) is 4. The van der Waals surface area contributed by atoms with Gasteiger partial charge in [0.15, 0.2) is 0 Å². The molecule has 0 aliphatic carbocycles. The van der Waals surface area contributed by atoms with E-state index in [-0.39, 0.29) is 26.0 Å². The summed E-state index contributed by atoms with van der Waals surface area (Å²) in [6.45, 7) is 6.10. The number of aliphatic hydroxyl groups excluding tert-OH is 2. The van der Waals surface area contributed by atoms with E-state index in [4.69, 9.17) is 4.74 Å². The van der Waals surface area contributed by atoms with Gasteiger partial charge in [0.1, 0.15) is 5.60 Å². The van der Waals surface area contributed by atoms with Gasteiger partial charge >= 0.3 is 0 Å². The van der Waals surface area contributed by atoms with Crippen molar-refractivity contribution >= 4 is 27.1 Å². The third kappa shape index (κ3) is 9.71. The first-order valence-electron chi connectivity index (χ1n) is 8.26. The Morgan fingerprint density at radius 3 is 2.24 bits per heavy atom. The lowest BCUT2D eigenvalue weighted by molar-refractivity contribution is -0.0199. The Bertz CT molecular complexity index is 287. The fourth-order valence-corrected chi connectivity index (χ4v) is 3.85. The predicted molar refractivity (Wildman–Crippen MR) is 95.2 cm³/mol. The molecule has 125 valence electrons. The van der Waals surface area contributed by atoms with Crippen molar-refractivity contribution in [2.75, 3.05) is 13.2 Å². The van der Waals surface area contributed by atoms with Crippen molar-refractivity contribution < 1.29 is 14.9 Å². The van der Waals surface area contributed by atoms with Gasteiger partial charge in [-0.15, -0.1) is 0 Å². The summed E-state index contributed by atoms with van der Waals surface area (Å²) in [7, 11) is 0.211. The average molecular weight is 334 g/mol. The zero-order chi connectivity index (χ0) is 16.1. The second-order valence-corrected chi connectivity index (χ2v) is 8.31. The lowest BCUT2D eigenvalue weighted by Gasteiger charge is -2.27. The lowest BCUT2D eigenvalue weighted by atomic mass is 10.1. The zero-order valence-electron chi connectivity index (χ0n) is 13.9. The third-order valence-electron chi connectivity index (χ3n) is 3.65. The predicted octanol–water partition coefficient (Wildman–Crippen LogP) is 3.38. The Morgan fingerprint density at radius 2 is 1.71 bits per heavy atom. The van der Waals surface area contributed by atoms with Crippen LogP contribution in [0.3, 0.4) is 0 Å². The summed E-state index contributed by atoms with van der Waals surface area (Å²) in [6.07, 6.45) is 10.0. The minimum absolute atomic E-state index is 0.159. The summed E-state index contributed by atoms with van der Waals surface area (Å²) in [5.74, 6) is 0. The SMILES string of the molecule is CCCCCCCCCC(S)[Si]=C(O)C(C)(CO)OCC. The molecule has 0 amide bonds. The van der Waals surface area contributed by atoms with E-state index in [2.05, 4.69) is 19.6 Å². The Kier molecular flexibility index (Phi) is 12.8. The van der Waals surface area contributed by atoms with Crippen LogP contribution < -0.4 is 0 Å². The normalized spacial score (nSPS) is 16.7. The van der Waals surface area contributed by atoms with E-state index in [0.29, 0.717) is 6.61 Å². The van der Waals surface area contributed by atoms with Crippen LogP contribution in [0.25, 0.3) is 0 Å². The van der Waals surface area contributed by atoms with Crippen molar-refractivity contribution in [1.82, 2.24) is 0 Å². The highest BCUT2D eigenvalue weighted by molar-refractivity contribution is 7.82. The van der Waals surface area contributed by atoms with Gasteiger partial charge in [-0.2, -0.15) is 12.6 Å². The fourth-order valence-electron chi connectivity index (χ4n) is 2.18. The summed E-state index contributed by atoms with van der Waals surface area (Å²) < 4.78 is 5.46. The molecule has 2 N–H and O–H groups in total. The van der Waals surface area contributed by atoms with E-state index in [9.17, 15) is 10.2 Å². The van der Waals surface area contributed by atoms with Crippen molar-refractivity contribution in [2.45, 2.75) is 82.6 Å². The smallest absolute Gasteiger partial charge is 0.139 e. The molecule has 0 heterocycles. The summed E-state index contributed by atoms with van der Waals surface area (Å²) in [5, 5.41) is 19.8. The number of rotatable bonds is 13. The van der Waals surface area contributed by atoms with Crippen LogP contribution >= 0.6 is 12.6 Å². The molecule has 0 aromatic carbocycles. The Labute approximate surface area is 138 Å². The van der Waals surface area contributed by atoms with Crippen molar-refractivity contribution in [3.05, 3.63) is 0 Å². The molecule has 2 atom stereocenters. The first-order valence-corrected chi connectivity index (χ1v) is 9.85. The van der Waals surface area contributed by atoms with Gasteiger partial charge in [-0.1, -0.05) is 51.9 Å².